The summed E-state index contributed by atoms with van der Waals surface area (Å²) >= 11 is 0. The van der Waals surface area contributed by atoms with Gasteiger partial charge >= 0.3 is 0 Å². The van der Waals surface area contributed by atoms with E-state index in [0.29, 0.717) is 0 Å². The predicted octanol–water partition coefficient (Wildman–Crippen LogP) is 1.49. The molecular weight excluding hydrogens is 166 g/mol. The fourth-order valence-electron chi connectivity index (χ4n) is 1.53. The van der Waals surface area contributed by atoms with Gasteiger partial charge in [0, 0.05) is 0 Å². The molecule has 68 valence electrons. The molecule has 2 rings (SSSR count). The first-order chi connectivity index (χ1) is 6.29. The maximum absolute atomic E-state index is 9.48. The Kier molecular flexibility index (Phi) is 2.02. The Morgan fingerprint density at radius 2 is 2.00 bits per heavy atom. The minimum absolute atomic E-state index is 0.110. The summed E-state index contributed by atoms with van der Waals surface area (Å²) in [5.41, 5.74) is 1.85. The first-order valence-corrected chi connectivity index (χ1v) is 4.22. The molecule has 0 aromatic heterocycles. The van der Waals surface area contributed by atoms with Gasteiger partial charge in [0.2, 0.25) is 6.29 Å². The topological polar surface area (TPSA) is 41.8 Å². The van der Waals surface area contributed by atoms with Crippen molar-refractivity contribution in [1.82, 2.24) is 0 Å². The maximum Gasteiger partial charge on any atom is 0.236 e. The van der Waals surface area contributed by atoms with Crippen LogP contribution in [0.1, 0.15) is 18.4 Å². The van der Waals surface area contributed by atoms with Gasteiger partial charge in [-0.1, -0.05) is 35.5 Å². The van der Waals surface area contributed by atoms with Crippen LogP contribution in [0, 0.1) is 0 Å². The summed E-state index contributed by atoms with van der Waals surface area (Å²) in [7, 11) is 0. The van der Waals surface area contributed by atoms with E-state index in [-0.39, 0.29) is 5.92 Å². The van der Waals surface area contributed by atoms with Crippen LogP contribution in [0.3, 0.4) is 0 Å². The molecule has 1 aromatic rings. The molecule has 0 radical (unpaired) electrons. The first-order valence-electron chi connectivity index (χ1n) is 4.22. The molecule has 0 fully saturated rings. The molecule has 1 aliphatic heterocycles. The highest BCUT2D eigenvalue weighted by Gasteiger charge is 2.30. The fraction of sp³-hybridized carbons (Fsp3) is 0.300. The fourth-order valence-corrected chi connectivity index (χ4v) is 1.53. The van der Waals surface area contributed by atoms with Crippen molar-refractivity contribution in [3.05, 3.63) is 35.9 Å². The minimum Gasteiger partial charge on any atom is -0.363 e. The van der Waals surface area contributed by atoms with Crippen LogP contribution in [0.25, 0.3) is 0 Å². The Bertz CT molecular complexity index is 321. The van der Waals surface area contributed by atoms with Gasteiger partial charge < -0.3 is 9.94 Å². The number of hydrogen-bond acceptors (Lipinski definition) is 3. The van der Waals surface area contributed by atoms with Crippen molar-refractivity contribution in [3.63, 3.8) is 0 Å². The van der Waals surface area contributed by atoms with E-state index in [9.17, 15) is 5.11 Å². The second kappa shape index (κ2) is 3.18. The van der Waals surface area contributed by atoms with Crippen molar-refractivity contribution in [3.8, 4) is 0 Å². The van der Waals surface area contributed by atoms with E-state index in [2.05, 4.69) is 5.16 Å². The van der Waals surface area contributed by atoms with Crippen LogP contribution < -0.4 is 0 Å². The van der Waals surface area contributed by atoms with Crippen molar-refractivity contribution in [2.45, 2.75) is 19.1 Å². The SMILES string of the molecule is CC1=NO[C@@H](O)[C@@H]1c1ccccc1. The van der Waals surface area contributed by atoms with Crippen LogP contribution >= 0.6 is 0 Å². The monoisotopic (exact) mass is 177 g/mol. The Morgan fingerprint density at radius 1 is 1.31 bits per heavy atom. The van der Waals surface area contributed by atoms with Gasteiger partial charge in [-0.2, -0.15) is 0 Å². The molecular formula is C10H11NO2. The van der Waals surface area contributed by atoms with Crippen LogP contribution in [0.2, 0.25) is 0 Å². The van der Waals surface area contributed by atoms with Crippen molar-refractivity contribution in [2.24, 2.45) is 5.16 Å². The normalized spacial score (nSPS) is 26.8. The summed E-state index contributed by atoms with van der Waals surface area (Å²) in [6.45, 7) is 1.86. The van der Waals surface area contributed by atoms with Gasteiger partial charge in [-0.25, -0.2) is 0 Å². The van der Waals surface area contributed by atoms with Gasteiger partial charge in [0.05, 0.1) is 11.6 Å². The molecule has 1 aromatic carbocycles. The molecule has 0 saturated heterocycles. The summed E-state index contributed by atoms with van der Waals surface area (Å²) in [6.07, 6.45) is -0.831. The lowest BCUT2D eigenvalue weighted by Crippen LogP contribution is -2.18. The Hall–Kier alpha value is -1.35. The molecule has 3 nitrogen and oxygen atoms in total. The van der Waals surface area contributed by atoms with E-state index < -0.39 is 6.29 Å². The largest absolute Gasteiger partial charge is 0.363 e. The molecule has 0 bridgehead atoms. The van der Waals surface area contributed by atoms with E-state index >= 15 is 0 Å². The van der Waals surface area contributed by atoms with E-state index in [4.69, 9.17) is 4.84 Å². The molecule has 1 aliphatic rings. The summed E-state index contributed by atoms with van der Waals surface area (Å²) < 4.78 is 0. The molecule has 0 aliphatic carbocycles. The highest BCUT2D eigenvalue weighted by Crippen LogP contribution is 2.27. The van der Waals surface area contributed by atoms with Crippen LogP contribution in [0.4, 0.5) is 0 Å². The molecule has 13 heavy (non-hydrogen) atoms. The number of hydrogen-bond donors (Lipinski definition) is 1. The lowest BCUT2D eigenvalue weighted by Gasteiger charge is -2.12. The van der Waals surface area contributed by atoms with Crippen LogP contribution in [-0.4, -0.2) is 17.1 Å². The lowest BCUT2D eigenvalue weighted by molar-refractivity contribution is -0.0853. The summed E-state index contributed by atoms with van der Waals surface area (Å²) in [5, 5.41) is 13.2. The minimum atomic E-state index is -0.831. The molecule has 0 unspecified atom stereocenters. The Labute approximate surface area is 76.6 Å². The van der Waals surface area contributed by atoms with Gasteiger partial charge in [0.15, 0.2) is 0 Å². The van der Waals surface area contributed by atoms with Gasteiger partial charge in [0.25, 0.3) is 0 Å². The number of rotatable bonds is 1. The number of nitrogens with zero attached hydrogens (tertiary/aromatic N) is 1. The zero-order chi connectivity index (χ0) is 9.26. The lowest BCUT2D eigenvalue weighted by atomic mass is 9.95. The van der Waals surface area contributed by atoms with Crippen molar-refractivity contribution < 1.29 is 9.94 Å². The average Bonchev–Trinajstić information content (AvgIpc) is 2.48. The molecule has 1 N–H and O–H groups in total. The van der Waals surface area contributed by atoms with Crippen molar-refractivity contribution in [2.75, 3.05) is 0 Å². The smallest absolute Gasteiger partial charge is 0.236 e. The number of aliphatic hydroxyl groups is 1. The first kappa shape index (κ1) is 8.26. The number of benzene rings is 1. The zero-order valence-corrected chi connectivity index (χ0v) is 7.34. The molecule has 0 saturated carbocycles. The maximum atomic E-state index is 9.48. The standard InChI is InChI=1S/C10H11NO2/c1-7-9(10(12)13-11-7)8-5-3-2-4-6-8/h2-6,9-10,12H,1H3/t9-,10+/m0/s1. The molecule has 3 heteroatoms. The third kappa shape index (κ3) is 1.42. The quantitative estimate of drug-likeness (QED) is 0.706. The van der Waals surface area contributed by atoms with E-state index in [0.717, 1.165) is 11.3 Å². The molecule has 2 atom stereocenters. The van der Waals surface area contributed by atoms with Crippen molar-refractivity contribution >= 4 is 5.71 Å². The van der Waals surface area contributed by atoms with Crippen molar-refractivity contribution in [1.29, 1.82) is 0 Å². The molecule has 0 spiro atoms. The summed E-state index contributed by atoms with van der Waals surface area (Å²) in [4.78, 5) is 4.78. The average molecular weight is 177 g/mol. The second-order valence-electron chi connectivity index (χ2n) is 3.12. The third-order valence-corrected chi connectivity index (χ3v) is 2.20. The summed E-state index contributed by atoms with van der Waals surface area (Å²) in [5.74, 6) is -0.110. The third-order valence-electron chi connectivity index (χ3n) is 2.20. The highest BCUT2D eigenvalue weighted by atomic mass is 16.7. The molecule has 0 amide bonds. The van der Waals surface area contributed by atoms with Gasteiger partial charge in [-0.05, 0) is 12.5 Å². The Morgan fingerprint density at radius 3 is 2.54 bits per heavy atom. The van der Waals surface area contributed by atoms with Gasteiger partial charge in [-0.3, -0.25) is 0 Å². The zero-order valence-electron chi connectivity index (χ0n) is 7.34. The van der Waals surface area contributed by atoms with Crippen LogP contribution in [0.15, 0.2) is 35.5 Å². The predicted molar refractivity (Wildman–Crippen MR) is 49.4 cm³/mol. The van der Waals surface area contributed by atoms with Crippen LogP contribution in [0.5, 0.6) is 0 Å². The van der Waals surface area contributed by atoms with Gasteiger partial charge in [-0.15, -0.1) is 0 Å². The summed E-state index contributed by atoms with van der Waals surface area (Å²) in [6, 6.07) is 9.74. The molecule has 1 heterocycles. The number of aliphatic hydroxyl groups excluding tert-OH is 1. The Balaban J connectivity index is 2.31. The second-order valence-corrected chi connectivity index (χ2v) is 3.12. The van der Waals surface area contributed by atoms with E-state index in [1.807, 2.05) is 37.3 Å². The number of oxime groups is 1. The highest BCUT2D eigenvalue weighted by molar-refractivity contribution is 5.89. The van der Waals surface area contributed by atoms with E-state index in [1.54, 1.807) is 0 Å². The van der Waals surface area contributed by atoms with E-state index in [1.165, 1.54) is 0 Å². The van der Waals surface area contributed by atoms with Gasteiger partial charge in [0.1, 0.15) is 0 Å². The van der Waals surface area contributed by atoms with Crippen LogP contribution in [-0.2, 0) is 4.84 Å².